The minimum absolute atomic E-state index is 0.0115. The van der Waals surface area contributed by atoms with Crippen molar-refractivity contribution in [2.45, 2.75) is 19.0 Å². The molecule has 0 aromatic carbocycles. The predicted octanol–water partition coefficient (Wildman–Crippen LogP) is 1.49. The largest absolute Gasteiger partial charge is 0.478 e. The van der Waals surface area contributed by atoms with Crippen molar-refractivity contribution in [1.29, 1.82) is 0 Å². The third-order valence-corrected chi connectivity index (χ3v) is 4.56. The van der Waals surface area contributed by atoms with Gasteiger partial charge < -0.3 is 14.4 Å². The van der Waals surface area contributed by atoms with Gasteiger partial charge in [0, 0.05) is 24.7 Å². The van der Waals surface area contributed by atoms with Gasteiger partial charge in [-0.15, -0.1) is 0 Å². The van der Waals surface area contributed by atoms with E-state index in [2.05, 4.69) is 10.1 Å². The highest BCUT2D eigenvalue weighted by atomic mass is 19.1. The summed E-state index contributed by atoms with van der Waals surface area (Å²) in [6.45, 7) is 1.48. The van der Waals surface area contributed by atoms with Crippen LogP contribution < -0.4 is 5.56 Å². The maximum atomic E-state index is 13.3. The molecule has 1 fully saturated rings. The first-order chi connectivity index (χ1) is 13.5. The Morgan fingerprint density at radius 2 is 2.04 bits per heavy atom. The van der Waals surface area contributed by atoms with Gasteiger partial charge in [0.15, 0.2) is 0 Å². The van der Waals surface area contributed by atoms with Crippen molar-refractivity contribution in [2.75, 3.05) is 13.2 Å². The van der Waals surface area contributed by atoms with E-state index in [1.807, 2.05) is 6.07 Å². The molecule has 28 heavy (non-hydrogen) atoms. The number of carboxylic acids is 1. The predicted molar refractivity (Wildman–Crippen MR) is 95.8 cm³/mol. The van der Waals surface area contributed by atoms with Gasteiger partial charge in [0.2, 0.25) is 0 Å². The molecule has 1 aliphatic heterocycles. The molecular weight excluding hydrogens is 367 g/mol. The van der Waals surface area contributed by atoms with Crippen LogP contribution >= 0.6 is 0 Å². The molecule has 3 aromatic heterocycles. The number of nitrogens with zero attached hydrogens (tertiary/aromatic N) is 4. The van der Waals surface area contributed by atoms with Gasteiger partial charge in [-0.2, -0.15) is 5.10 Å². The minimum atomic E-state index is -1.01. The van der Waals surface area contributed by atoms with E-state index in [-0.39, 0.29) is 23.6 Å². The van der Waals surface area contributed by atoms with Gasteiger partial charge >= 0.3 is 5.97 Å². The number of carboxylic acid groups (broad SMARTS) is 1. The first-order valence-corrected chi connectivity index (χ1v) is 8.68. The smallest absolute Gasteiger partial charge is 0.339 e. The van der Waals surface area contributed by atoms with E-state index in [1.165, 1.54) is 16.8 Å². The zero-order valence-electron chi connectivity index (χ0n) is 14.8. The third kappa shape index (κ3) is 3.70. The summed E-state index contributed by atoms with van der Waals surface area (Å²) in [7, 11) is 0. The second kappa shape index (κ2) is 7.35. The number of aromatic nitrogens is 4. The van der Waals surface area contributed by atoms with Gasteiger partial charge in [-0.05, 0) is 17.7 Å². The summed E-state index contributed by atoms with van der Waals surface area (Å²) in [6.07, 6.45) is 4.28. The van der Waals surface area contributed by atoms with Gasteiger partial charge in [0.05, 0.1) is 43.6 Å². The maximum absolute atomic E-state index is 13.3. The van der Waals surface area contributed by atoms with E-state index in [1.54, 1.807) is 16.9 Å². The van der Waals surface area contributed by atoms with E-state index in [0.29, 0.717) is 31.1 Å². The van der Waals surface area contributed by atoms with Crippen LogP contribution in [0.1, 0.15) is 33.2 Å². The van der Waals surface area contributed by atoms with Crippen molar-refractivity contribution in [2.24, 2.45) is 0 Å². The van der Waals surface area contributed by atoms with E-state index in [9.17, 15) is 19.1 Å². The molecule has 0 unspecified atom stereocenters. The zero-order chi connectivity index (χ0) is 19.7. The van der Waals surface area contributed by atoms with Gasteiger partial charge in [0.1, 0.15) is 11.4 Å². The van der Waals surface area contributed by atoms with Crippen molar-refractivity contribution < 1.29 is 19.0 Å². The Balaban J connectivity index is 1.49. The highest BCUT2D eigenvalue weighted by molar-refractivity contribution is 5.88. The van der Waals surface area contributed by atoms with E-state index < -0.39 is 11.8 Å². The molecule has 1 aliphatic rings. The van der Waals surface area contributed by atoms with Gasteiger partial charge in [0.25, 0.3) is 5.56 Å². The molecular formula is C19H17FN4O4. The highest BCUT2D eigenvalue weighted by Gasteiger charge is 2.29. The second-order valence-corrected chi connectivity index (χ2v) is 6.64. The van der Waals surface area contributed by atoms with E-state index in [0.717, 1.165) is 17.8 Å². The Bertz CT molecular complexity index is 1070. The molecule has 0 saturated carbocycles. The monoisotopic (exact) mass is 384 g/mol. The number of ether oxygens (including phenoxy) is 1. The summed E-state index contributed by atoms with van der Waals surface area (Å²) in [5.74, 6) is -1.49. The quantitative estimate of drug-likeness (QED) is 0.691. The number of halogens is 1. The molecule has 3 aromatic rings. The highest BCUT2D eigenvalue weighted by Crippen LogP contribution is 2.26. The molecule has 8 nitrogen and oxygen atoms in total. The van der Waals surface area contributed by atoms with Crippen molar-refractivity contribution >= 4 is 5.97 Å². The summed E-state index contributed by atoms with van der Waals surface area (Å²) in [5.41, 5.74) is 1.84. The molecule has 4 heterocycles. The van der Waals surface area contributed by atoms with Crippen molar-refractivity contribution in [3.8, 4) is 0 Å². The normalized spacial score (nSPS) is 14.0. The van der Waals surface area contributed by atoms with Crippen molar-refractivity contribution in [3.05, 3.63) is 81.5 Å². The van der Waals surface area contributed by atoms with E-state index in [4.69, 9.17) is 4.74 Å². The molecule has 0 atom stereocenters. The molecule has 0 aliphatic carbocycles. The SMILES string of the molecule is O=C(O)c1cn(Cc2ccc(Cn3cc(F)ccc3=O)nc2)nc1C1COC1. The Hall–Kier alpha value is -3.33. The van der Waals surface area contributed by atoms with Crippen molar-refractivity contribution in [1.82, 2.24) is 19.3 Å². The van der Waals surface area contributed by atoms with Gasteiger partial charge in [-0.3, -0.25) is 14.5 Å². The summed E-state index contributed by atoms with van der Waals surface area (Å²) in [4.78, 5) is 27.5. The molecule has 4 rings (SSSR count). The van der Waals surface area contributed by atoms with Gasteiger partial charge in [-0.1, -0.05) is 6.07 Å². The molecule has 9 heteroatoms. The second-order valence-electron chi connectivity index (χ2n) is 6.64. The summed E-state index contributed by atoms with van der Waals surface area (Å²) in [6, 6.07) is 5.86. The number of hydrogen-bond acceptors (Lipinski definition) is 5. The average Bonchev–Trinajstić information content (AvgIpc) is 3.02. The van der Waals surface area contributed by atoms with Crippen molar-refractivity contribution in [3.63, 3.8) is 0 Å². The Labute approximate surface area is 158 Å². The number of pyridine rings is 2. The van der Waals surface area contributed by atoms with Crippen LogP contribution in [0.4, 0.5) is 4.39 Å². The maximum Gasteiger partial charge on any atom is 0.339 e. The van der Waals surface area contributed by atoms with Gasteiger partial charge in [-0.25, -0.2) is 9.18 Å². The molecule has 1 saturated heterocycles. The Kier molecular flexibility index (Phi) is 4.74. The molecule has 0 amide bonds. The topological polar surface area (TPSA) is 99.2 Å². The Morgan fingerprint density at radius 3 is 2.68 bits per heavy atom. The van der Waals surface area contributed by atoms with Crippen LogP contribution in [0.3, 0.4) is 0 Å². The number of carbonyl (C=O) groups is 1. The minimum Gasteiger partial charge on any atom is -0.478 e. The number of aromatic carboxylic acids is 1. The van der Waals surface area contributed by atoms with Crippen LogP contribution in [0.25, 0.3) is 0 Å². The lowest BCUT2D eigenvalue weighted by Gasteiger charge is -2.24. The summed E-state index contributed by atoms with van der Waals surface area (Å²) >= 11 is 0. The fourth-order valence-corrected chi connectivity index (χ4v) is 3.01. The standard InChI is InChI=1S/C19H17FN4O4/c20-14-2-4-17(25)23(7-14)8-15-3-1-12(5-21-15)6-24-9-16(19(26)27)18(22-24)13-10-28-11-13/h1-5,7,9,13H,6,8,10-11H2,(H,26,27). The lowest BCUT2D eigenvalue weighted by molar-refractivity contribution is 0.00597. The van der Waals surface area contributed by atoms with Crippen LogP contribution in [-0.2, 0) is 17.8 Å². The van der Waals surface area contributed by atoms with Crippen LogP contribution in [0.15, 0.2) is 47.7 Å². The first kappa shape index (κ1) is 18.1. The summed E-state index contributed by atoms with van der Waals surface area (Å²) < 4.78 is 21.2. The lowest BCUT2D eigenvalue weighted by atomic mass is 10.0. The van der Waals surface area contributed by atoms with Crippen LogP contribution in [0.5, 0.6) is 0 Å². The molecule has 0 bridgehead atoms. The zero-order valence-corrected chi connectivity index (χ0v) is 14.8. The molecule has 144 valence electrons. The van der Waals surface area contributed by atoms with Crippen LogP contribution in [0, 0.1) is 5.82 Å². The number of rotatable bonds is 6. The lowest BCUT2D eigenvalue weighted by Crippen LogP contribution is -2.27. The molecule has 0 spiro atoms. The average molecular weight is 384 g/mol. The first-order valence-electron chi connectivity index (χ1n) is 8.68. The number of hydrogen-bond donors (Lipinski definition) is 1. The third-order valence-electron chi connectivity index (χ3n) is 4.56. The molecule has 0 radical (unpaired) electrons. The Morgan fingerprint density at radius 1 is 1.21 bits per heavy atom. The van der Waals surface area contributed by atoms with E-state index >= 15 is 0 Å². The molecule has 1 N–H and O–H groups in total. The summed E-state index contributed by atoms with van der Waals surface area (Å²) in [5, 5.41) is 13.8. The fourth-order valence-electron chi connectivity index (χ4n) is 3.01. The fraction of sp³-hybridized carbons (Fsp3) is 0.263. The van der Waals surface area contributed by atoms with Crippen LogP contribution in [0.2, 0.25) is 0 Å². The van der Waals surface area contributed by atoms with Crippen LogP contribution in [-0.4, -0.2) is 43.6 Å².